The Morgan fingerprint density at radius 2 is 2.00 bits per heavy atom. The Bertz CT molecular complexity index is 618. The van der Waals surface area contributed by atoms with E-state index in [4.69, 9.17) is 9.15 Å². The lowest BCUT2D eigenvalue weighted by Crippen LogP contribution is -1.98. The van der Waals surface area contributed by atoms with Gasteiger partial charge in [-0.05, 0) is 25.1 Å². The first-order valence-electron chi connectivity index (χ1n) is 6.52. The molecule has 0 aliphatic carbocycles. The molecular weight excluding hydrogens is 288 g/mol. The molecule has 0 amide bonds. The van der Waals surface area contributed by atoms with Gasteiger partial charge < -0.3 is 13.9 Å². The van der Waals surface area contributed by atoms with Crippen molar-refractivity contribution in [2.75, 3.05) is 14.2 Å². The molecule has 0 N–H and O–H groups in total. The average Bonchev–Trinajstić information content (AvgIpc) is 2.95. The van der Waals surface area contributed by atoms with Gasteiger partial charge in [-0.1, -0.05) is 17.7 Å². The van der Waals surface area contributed by atoms with Crippen molar-refractivity contribution in [2.45, 2.75) is 18.4 Å². The molecule has 1 heterocycles. The van der Waals surface area contributed by atoms with Crippen LogP contribution >= 0.6 is 11.8 Å². The van der Waals surface area contributed by atoms with Crippen molar-refractivity contribution in [2.24, 2.45) is 0 Å². The molecule has 0 saturated carbocycles. The van der Waals surface area contributed by atoms with Gasteiger partial charge in [0.25, 0.3) is 0 Å². The largest absolute Gasteiger partial charge is 0.496 e. The molecule has 112 valence electrons. The first kappa shape index (κ1) is 15.5. The summed E-state index contributed by atoms with van der Waals surface area (Å²) >= 11 is 1.70. The number of rotatable bonds is 6. The molecule has 21 heavy (non-hydrogen) atoms. The highest BCUT2D eigenvalue weighted by atomic mass is 32.2. The van der Waals surface area contributed by atoms with Crippen LogP contribution in [0.2, 0.25) is 0 Å². The van der Waals surface area contributed by atoms with Crippen LogP contribution in [0, 0.1) is 6.92 Å². The first-order chi connectivity index (χ1) is 10.1. The molecular formula is C16H18O4S. The Morgan fingerprint density at radius 3 is 2.71 bits per heavy atom. The van der Waals surface area contributed by atoms with Gasteiger partial charge in [-0.25, -0.2) is 4.79 Å². The van der Waals surface area contributed by atoms with E-state index < -0.39 is 5.97 Å². The summed E-state index contributed by atoms with van der Waals surface area (Å²) in [7, 11) is 3.01. The van der Waals surface area contributed by atoms with Crippen LogP contribution in [0.3, 0.4) is 0 Å². The molecule has 5 heteroatoms. The monoisotopic (exact) mass is 306 g/mol. The van der Waals surface area contributed by atoms with Gasteiger partial charge in [0.05, 0.1) is 20.0 Å². The maximum Gasteiger partial charge on any atom is 0.373 e. The summed E-state index contributed by atoms with van der Waals surface area (Å²) in [5.41, 5.74) is 2.36. The molecule has 0 atom stereocenters. The smallest absolute Gasteiger partial charge is 0.373 e. The van der Waals surface area contributed by atoms with Crippen LogP contribution in [0.15, 0.2) is 34.7 Å². The van der Waals surface area contributed by atoms with Crippen LogP contribution in [-0.2, 0) is 16.2 Å². The standard InChI is InChI=1S/C16H18O4S/c1-11-4-6-14(18-2)12(8-11)9-21-10-13-5-7-15(20-13)16(17)19-3/h4-8H,9-10H2,1-3H3. The number of hydrogen-bond acceptors (Lipinski definition) is 5. The van der Waals surface area contributed by atoms with Crippen molar-refractivity contribution in [3.8, 4) is 5.75 Å². The van der Waals surface area contributed by atoms with Crippen molar-refractivity contribution in [1.82, 2.24) is 0 Å². The number of ether oxygens (including phenoxy) is 2. The van der Waals surface area contributed by atoms with E-state index in [0.29, 0.717) is 5.75 Å². The van der Waals surface area contributed by atoms with Crippen LogP contribution < -0.4 is 4.74 Å². The number of hydrogen-bond donors (Lipinski definition) is 0. The van der Waals surface area contributed by atoms with Gasteiger partial charge in [-0.3, -0.25) is 0 Å². The lowest BCUT2D eigenvalue weighted by Gasteiger charge is -2.08. The molecule has 0 unspecified atom stereocenters. The van der Waals surface area contributed by atoms with Gasteiger partial charge in [0.1, 0.15) is 11.5 Å². The maximum atomic E-state index is 11.3. The van der Waals surface area contributed by atoms with Crippen LogP contribution in [0.1, 0.15) is 27.4 Å². The third kappa shape index (κ3) is 4.04. The van der Waals surface area contributed by atoms with Crippen LogP contribution in [-0.4, -0.2) is 20.2 Å². The fraction of sp³-hybridized carbons (Fsp3) is 0.312. The second-order valence-corrected chi connectivity index (χ2v) is 5.55. The molecule has 2 rings (SSSR count). The minimum absolute atomic E-state index is 0.237. The van der Waals surface area contributed by atoms with Gasteiger partial charge in [-0.15, -0.1) is 11.8 Å². The number of methoxy groups -OCH3 is 2. The number of aryl methyl sites for hydroxylation is 1. The summed E-state index contributed by atoms with van der Waals surface area (Å²) in [6, 6.07) is 9.56. The summed E-state index contributed by atoms with van der Waals surface area (Å²) in [6.45, 7) is 2.06. The minimum Gasteiger partial charge on any atom is -0.496 e. The van der Waals surface area contributed by atoms with E-state index in [2.05, 4.69) is 17.7 Å². The maximum absolute atomic E-state index is 11.3. The van der Waals surface area contributed by atoms with Gasteiger partial charge in [0.2, 0.25) is 5.76 Å². The van der Waals surface area contributed by atoms with Gasteiger partial charge in [0, 0.05) is 11.3 Å². The zero-order valence-electron chi connectivity index (χ0n) is 12.3. The summed E-state index contributed by atoms with van der Waals surface area (Å²) in [6.07, 6.45) is 0. The number of carbonyl (C=O) groups excluding carboxylic acids is 1. The molecule has 1 aromatic carbocycles. The second-order valence-electron chi connectivity index (χ2n) is 4.57. The van der Waals surface area contributed by atoms with Crippen molar-refractivity contribution in [3.05, 3.63) is 53.0 Å². The van der Waals surface area contributed by atoms with E-state index in [9.17, 15) is 4.79 Å². The normalized spacial score (nSPS) is 10.4. The summed E-state index contributed by atoms with van der Waals surface area (Å²) in [4.78, 5) is 11.3. The lowest BCUT2D eigenvalue weighted by molar-refractivity contribution is 0.0563. The topological polar surface area (TPSA) is 48.7 Å². The summed E-state index contributed by atoms with van der Waals surface area (Å²) < 4.78 is 15.4. The fourth-order valence-corrected chi connectivity index (χ4v) is 2.85. The van der Waals surface area contributed by atoms with E-state index in [-0.39, 0.29) is 5.76 Å². The van der Waals surface area contributed by atoms with E-state index in [1.165, 1.54) is 12.7 Å². The minimum atomic E-state index is -0.452. The fourth-order valence-electron chi connectivity index (χ4n) is 1.95. The van der Waals surface area contributed by atoms with E-state index >= 15 is 0 Å². The quantitative estimate of drug-likeness (QED) is 0.759. The molecule has 0 bridgehead atoms. The number of thioether (sulfide) groups is 1. The van der Waals surface area contributed by atoms with Crippen LogP contribution in [0.25, 0.3) is 0 Å². The van der Waals surface area contributed by atoms with Crippen molar-refractivity contribution in [3.63, 3.8) is 0 Å². The Kier molecular flexibility index (Phi) is 5.33. The number of benzene rings is 1. The van der Waals surface area contributed by atoms with Gasteiger partial charge >= 0.3 is 5.97 Å². The molecule has 4 nitrogen and oxygen atoms in total. The third-order valence-electron chi connectivity index (χ3n) is 2.99. The Hall–Kier alpha value is -1.88. The zero-order chi connectivity index (χ0) is 15.2. The molecule has 1 aromatic heterocycles. The zero-order valence-corrected chi connectivity index (χ0v) is 13.2. The Morgan fingerprint density at radius 1 is 1.19 bits per heavy atom. The molecule has 2 aromatic rings. The van der Waals surface area contributed by atoms with E-state index in [1.807, 2.05) is 12.1 Å². The van der Waals surface area contributed by atoms with Crippen LogP contribution in [0.4, 0.5) is 0 Å². The lowest BCUT2D eigenvalue weighted by atomic mass is 10.1. The number of esters is 1. The highest BCUT2D eigenvalue weighted by Crippen LogP contribution is 2.26. The highest BCUT2D eigenvalue weighted by Gasteiger charge is 2.11. The molecule has 0 saturated heterocycles. The number of furan rings is 1. The van der Waals surface area contributed by atoms with Gasteiger partial charge in [0.15, 0.2) is 0 Å². The van der Waals surface area contributed by atoms with Crippen molar-refractivity contribution in [1.29, 1.82) is 0 Å². The van der Waals surface area contributed by atoms with E-state index in [1.54, 1.807) is 31.0 Å². The molecule has 0 aliphatic rings. The molecule has 0 spiro atoms. The Balaban J connectivity index is 1.94. The SMILES string of the molecule is COC(=O)c1ccc(CSCc2cc(C)ccc2OC)o1. The highest BCUT2D eigenvalue weighted by molar-refractivity contribution is 7.97. The van der Waals surface area contributed by atoms with Gasteiger partial charge in [-0.2, -0.15) is 0 Å². The summed E-state index contributed by atoms with van der Waals surface area (Å²) in [5, 5.41) is 0. The van der Waals surface area contributed by atoms with E-state index in [0.717, 1.165) is 22.8 Å². The molecule has 0 fully saturated rings. The predicted octanol–water partition coefficient (Wildman–Crippen LogP) is 3.82. The number of carbonyl (C=O) groups is 1. The third-order valence-corrected chi connectivity index (χ3v) is 3.99. The summed E-state index contributed by atoms with van der Waals surface area (Å²) in [5.74, 6) is 2.94. The van der Waals surface area contributed by atoms with Crippen LogP contribution in [0.5, 0.6) is 5.75 Å². The van der Waals surface area contributed by atoms with Crippen molar-refractivity contribution < 1.29 is 18.7 Å². The molecule has 0 aliphatic heterocycles. The predicted molar refractivity (Wildman–Crippen MR) is 82.8 cm³/mol. The average molecular weight is 306 g/mol. The molecule has 0 radical (unpaired) electrons. The van der Waals surface area contributed by atoms with Crippen molar-refractivity contribution >= 4 is 17.7 Å². The second kappa shape index (κ2) is 7.22. The Labute approximate surface area is 128 Å². The first-order valence-corrected chi connectivity index (χ1v) is 7.67.